The van der Waals surface area contributed by atoms with E-state index in [2.05, 4.69) is 12.2 Å². The zero-order valence-corrected chi connectivity index (χ0v) is 25.0. The van der Waals surface area contributed by atoms with Gasteiger partial charge in [-0.05, 0) is 36.1 Å². The molecule has 42 heavy (non-hydrogen) atoms. The first kappa shape index (κ1) is 30.9. The summed E-state index contributed by atoms with van der Waals surface area (Å²) in [6.07, 6.45) is 3.62. The van der Waals surface area contributed by atoms with Crippen LogP contribution in [0.15, 0.2) is 78.9 Å². The molecule has 0 unspecified atom stereocenters. The highest BCUT2D eigenvalue weighted by Gasteiger charge is 2.30. The van der Waals surface area contributed by atoms with Gasteiger partial charge < -0.3 is 19.7 Å². The van der Waals surface area contributed by atoms with E-state index in [4.69, 9.17) is 9.47 Å². The number of anilines is 1. The molecule has 1 aliphatic rings. The zero-order chi connectivity index (χ0) is 30.0. The lowest BCUT2D eigenvalue weighted by atomic mass is 10.0. The van der Waals surface area contributed by atoms with Crippen LogP contribution < -0.4 is 19.1 Å². The van der Waals surface area contributed by atoms with Gasteiger partial charge in [0.1, 0.15) is 6.04 Å². The Hall–Kier alpha value is -4.05. The SMILES string of the molecule is CCCCNC(=O)[C@@H](Cc1ccccc1)N(Cc1ccccc1)C(=O)CCCN(c1ccc2c(c1)OCO2)S(C)(=O)=O. The fourth-order valence-corrected chi connectivity index (χ4v) is 5.84. The molecular formula is C32H39N3O6S. The molecule has 0 aliphatic carbocycles. The number of rotatable bonds is 15. The maximum atomic E-state index is 13.9. The van der Waals surface area contributed by atoms with Gasteiger partial charge in [-0.15, -0.1) is 0 Å². The molecule has 3 aromatic rings. The minimum Gasteiger partial charge on any atom is -0.454 e. The zero-order valence-electron chi connectivity index (χ0n) is 24.2. The van der Waals surface area contributed by atoms with Crippen molar-refractivity contribution in [1.29, 1.82) is 0 Å². The van der Waals surface area contributed by atoms with Crippen LogP contribution in [0.4, 0.5) is 5.69 Å². The van der Waals surface area contributed by atoms with Crippen LogP contribution in [-0.2, 0) is 32.6 Å². The van der Waals surface area contributed by atoms with Crippen molar-refractivity contribution in [3.05, 3.63) is 90.0 Å². The van der Waals surface area contributed by atoms with Gasteiger partial charge >= 0.3 is 0 Å². The van der Waals surface area contributed by atoms with Gasteiger partial charge in [0.15, 0.2) is 11.5 Å². The number of carbonyl (C=O) groups excluding carboxylic acids is 2. The highest BCUT2D eigenvalue weighted by atomic mass is 32.2. The molecule has 10 heteroatoms. The second-order valence-corrected chi connectivity index (χ2v) is 12.2. The monoisotopic (exact) mass is 593 g/mol. The third-order valence-corrected chi connectivity index (χ3v) is 8.29. The molecule has 4 rings (SSSR count). The number of benzene rings is 3. The maximum absolute atomic E-state index is 13.9. The average Bonchev–Trinajstić information content (AvgIpc) is 3.45. The standard InChI is InChI=1S/C32H39N3O6S/c1-3-4-19-33-32(37)28(21-25-12-7-5-8-13-25)34(23-26-14-9-6-10-15-26)31(36)16-11-20-35(42(2,38)39)27-17-18-29-30(22-27)41-24-40-29/h5-10,12-15,17-18,22,28H,3-4,11,16,19-21,23-24H2,1-2H3,(H,33,37)/t28-/m1/s1. The summed E-state index contributed by atoms with van der Waals surface area (Å²) in [6, 6.07) is 23.5. The van der Waals surface area contributed by atoms with Gasteiger partial charge in [0.2, 0.25) is 28.6 Å². The van der Waals surface area contributed by atoms with Gasteiger partial charge in [-0.3, -0.25) is 13.9 Å². The number of hydrogen-bond acceptors (Lipinski definition) is 6. The highest BCUT2D eigenvalue weighted by Crippen LogP contribution is 2.36. The molecule has 0 spiro atoms. The lowest BCUT2D eigenvalue weighted by molar-refractivity contribution is -0.141. The van der Waals surface area contributed by atoms with Crippen molar-refractivity contribution in [2.45, 2.75) is 51.6 Å². The number of hydrogen-bond donors (Lipinski definition) is 1. The van der Waals surface area contributed by atoms with E-state index in [0.29, 0.717) is 30.2 Å². The van der Waals surface area contributed by atoms with Gasteiger partial charge in [-0.2, -0.15) is 0 Å². The molecule has 1 heterocycles. The predicted molar refractivity (Wildman–Crippen MR) is 163 cm³/mol. The van der Waals surface area contributed by atoms with Crippen molar-refractivity contribution in [1.82, 2.24) is 10.2 Å². The highest BCUT2D eigenvalue weighted by molar-refractivity contribution is 7.92. The van der Waals surface area contributed by atoms with E-state index in [1.54, 1.807) is 23.1 Å². The van der Waals surface area contributed by atoms with Crippen LogP contribution in [0.2, 0.25) is 0 Å². The second-order valence-electron chi connectivity index (χ2n) is 10.3. The summed E-state index contributed by atoms with van der Waals surface area (Å²) < 4.78 is 37.5. The smallest absolute Gasteiger partial charge is 0.243 e. The van der Waals surface area contributed by atoms with Crippen molar-refractivity contribution in [2.24, 2.45) is 0 Å². The number of fused-ring (bicyclic) bond motifs is 1. The Labute approximate surface area is 248 Å². The number of carbonyl (C=O) groups is 2. The largest absolute Gasteiger partial charge is 0.454 e. The Morgan fingerprint density at radius 2 is 1.57 bits per heavy atom. The first-order valence-electron chi connectivity index (χ1n) is 14.3. The third-order valence-electron chi connectivity index (χ3n) is 7.09. The van der Waals surface area contributed by atoms with Gasteiger partial charge in [0.05, 0.1) is 11.9 Å². The lowest BCUT2D eigenvalue weighted by Gasteiger charge is -2.32. The van der Waals surface area contributed by atoms with Crippen LogP contribution in [0.3, 0.4) is 0 Å². The molecule has 9 nitrogen and oxygen atoms in total. The Morgan fingerprint density at radius 1 is 0.905 bits per heavy atom. The summed E-state index contributed by atoms with van der Waals surface area (Å²) in [7, 11) is -3.64. The van der Waals surface area contributed by atoms with Crippen LogP contribution in [0, 0.1) is 0 Å². The first-order valence-corrected chi connectivity index (χ1v) is 16.1. The van der Waals surface area contributed by atoms with E-state index in [0.717, 1.165) is 30.2 Å². The maximum Gasteiger partial charge on any atom is 0.243 e. The quantitative estimate of drug-likeness (QED) is 0.260. The van der Waals surface area contributed by atoms with Crippen molar-refractivity contribution < 1.29 is 27.5 Å². The summed E-state index contributed by atoms with van der Waals surface area (Å²) in [5.41, 5.74) is 2.29. The normalized spacial score (nSPS) is 12.9. The summed E-state index contributed by atoms with van der Waals surface area (Å²) >= 11 is 0. The minimum atomic E-state index is -3.64. The van der Waals surface area contributed by atoms with Gasteiger partial charge in [-0.1, -0.05) is 74.0 Å². The molecule has 0 saturated heterocycles. The van der Waals surface area contributed by atoms with Gasteiger partial charge in [0, 0.05) is 38.5 Å². The van der Waals surface area contributed by atoms with Crippen molar-refractivity contribution in [3.63, 3.8) is 0 Å². The number of nitrogens with one attached hydrogen (secondary N) is 1. The molecule has 0 saturated carbocycles. The molecule has 3 aromatic carbocycles. The first-order chi connectivity index (χ1) is 20.3. The third kappa shape index (κ3) is 8.48. The number of unbranched alkanes of at least 4 members (excludes halogenated alkanes) is 1. The average molecular weight is 594 g/mol. The number of ether oxygens (including phenoxy) is 2. The van der Waals surface area contributed by atoms with E-state index in [-0.39, 0.29) is 44.5 Å². The van der Waals surface area contributed by atoms with Crippen LogP contribution in [0.1, 0.15) is 43.7 Å². The second kappa shape index (κ2) is 14.7. The van der Waals surface area contributed by atoms with Crippen LogP contribution >= 0.6 is 0 Å². The summed E-state index contributed by atoms with van der Waals surface area (Å²) in [5.74, 6) is 0.615. The van der Waals surface area contributed by atoms with Crippen molar-refractivity contribution in [2.75, 3.05) is 30.4 Å². The molecular weight excluding hydrogens is 554 g/mol. The fourth-order valence-electron chi connectivity index (χ4n) is 4.88. The Bertz CT molecular complexity index is 1430. The van der Waals surface area contributed by atoms with Crippen molar-refractivity contribution >= 4 is 27.5 Å². The lowest BCUT2D eigenvalue weighted by Crippen LogP contribution is -2.50. The van der Waals surface area contributed by atoms with Crippen LogP contribution in [-0.4, -0.2) is 57.3 Å². The Balaban J connectivity index is 1.54. The van der Waals surface area contributed by atoms with Crippen molar-refractivity contribution in [3.8, 4) is 11.5 Å². The summed E-state index contributed by atoms with van der Waals surface area (Å²) in [6.45, 7) is 3.03. The number of nitrogens with zero attached hydrogens (tertiary/aromatic N) is 2. The van der Waals surface area contributed by atoms with E-state index in [9.17, 15) is 18.0 Å². The number of amides is 2. The molecule has 2 amide bonds. The van der Waals surface area contributed by atoms with E-state index < -0.39 is 16.1 Å². The van der Waals surface area contributed by atoms with Gasteiger partial charge in [0.25, 0.3) is 0 Å². The van der Waals surface area contributed by atoms with Crippen LogP contribution in [0.5, 0.6) is 11.5 Å². The van der Waals surface area contributed by atoms with E-state index in [1.165, 1.54) is 4.31 Å². The minimum absolute atomic E-state index is 0.0664. The molecule has 1 aliphatic heterocycles. The molecule has 224 valence electrons. The molecule has 1 N–H and O–H groups in total. The summed E-state index contributed by atoms with van der Waals surface area (Å²) in [4.78, 5) is 29.0. The topological polar surface area (TPSA) is 105 Å². The Morgan fingerprint density at radius 3 is 2.24 bits per heavy atom. The molecule has 0 radical (unpaired) electrons. The predicted octanol–water partition coefficient (Wildman–Crippen LogP) is 4.52. The van der Waals surface area contributed by atoms with E-state index in [1.807, 2.05) is 60.7 Å². The number of sulfonamides is 1. The molecule has 0 fully saturated rings. The molecule has 1 atom stereocenters. The summed E-state index contributed by atoms with van der Waals surface area (Å²) in [5, 5.41) is 3.02. The van der Waals surface area contributed by atoms with Crippen LogP contribution in [0.25, 0.3) is 0 Å². The molecule has 0 bridgehead atoms. The van der Waals surface area contributed by atoms with Gasteiger partial charge in [-0.25, -0.2) is 8.42 Å². The Kier molecular flexibility index (Phi) is 10.8. The molecule has 0 aromatic heterocycles. The van der Waals surface area contributed by atoms with E-state index >= 15 is 0 Å². The fraction of sp³-hybridized carbons (Fsp3) is 0.375.